The maximum atomic E-state index is 11.8. The summed E-state index contributed by atoms with van der Waals surface area (Å²) in [6, 6.07) is 10.8. The molecule has 1 heterocycles. The third-order valence-electron chi connectivity index (χ3n) is 1.88. The van der Waals surface area contributed by atoms with E-state index in [-0.39, 0.29) is 5.91 Å². The number of carbonyl (C=O) groups is 1. The van der Waals surface area contributed by atoms with Gasteiger partial charge in [0.15, 0.2) is 5.88 Å². The quantitative estimate of drug-likeness (QED) is 0.866. The highest BCUT2D eigenvalue weighted by Gasteiger charge is 2.09. The first kappa shape index (κ1) is 10.2. The first-order valence-electron chi connectivity index (χ1n) is 4.37. The molecule has 0 aliphatic heterocycles. The van der Waals surface area contributed by atoms with Crippen LogP contribution in [0.1, 0.15) is 10.4 Å². The smallest absolute Gasteiger partial charge is 0.259 e. The molecule has 0 aliphatic carbocycles. The molecule has 1 aromatic heterocycles. The van der Waals surface area contributed by atoms with Crippen LogP contribution in [-0.4, -0.2) is 5.91 Å². The van der Waals surface area contributed by atoms with E-state index in [1.165, 1.54) is 6.26 Å². The van der Waals surface area contributed by atoms with Crippen LogP contribution in [0.25, 0.3) is 0 Å². The van der Waals surface area contributed by atoms with Crippen LogP contribution < -0.4 is 5.32 Å². The number of nitrogens with one attached hydrogen (secondary N) is 1. The van der Waals surface area contributed by atoms with Gasteiger partial charge in [0.1, 0.15) is 0 Å². The Bertz CT molecular complexity index is 465. The maximum absolute atomic E-state index is 11.8. The molecule has 2 rings (SSSR count). The van der Waals surface area contributed by atoms with E-state index in [9.17, 15) is 4.79 Å². The first-order chi connectivity index (χ1) is 7.27. The second kappa shape index (κ2) is 4.48. The van der Waals surface area contributed by atoms with Gasteiger partial charge in [-0.3, -0.25) is 10.1 Å². The second-order valence-electron chi connectivity index (χ2n) is 2.91. The molecule has 15 heavy (non-hydrogen) atoms. The monoisotopic (exact) mass is 313 g/mol. The fraction of sp³-hybridized carbons (Fsp3) is 0. The molecule has 2 aromatic rings. The predicted molar refractivity (Wildman–Crippen MR) is 65.8 cm³/mol. The van der Waals surface area contributed by atoms with Crippen molar-refractivity contribution in [1.29, 1.82) is 0 Å². The number of benzene rings is 1. The Morgan fingerprint density at radius 1 is 1.20 bits per heavy atom. The minimum absolute atomic E-state index is 0.157. The number of hydrogen-bond acceptors (Lipinski definition) is 2. The summed E-state index contributed by atoms with van der Waals surface area (Å²) in [5, 5.41) is 2.67. The molecule has 76 valence electrons. The number of hydrogen-bond donors (Lipinski definition) is 1. The minimum Gasteiger partial charge on any atom is -0.449 e. The van der Waals surface area contributed by atoms with Crippen LogP contribution in [0.5, 0.6) is 0 Å². The lowest BCUT2D eigenvalue weighted by Crippen LogP contribution is -2.12. The first-order valence-corrected chi connectivity index (χ1v) is 5.44. The number of rotatable bonds is 2. The van der Waals surface area contributed by atoms with E-state index < -0.39 is 0 Å². The zero-order valence-electron chi connectivity index (χ0n) is 7.74. The number of furan rings is 1. The van der Waals surface area contributed by atoms with E-state index >= 15 is 0 Å². The molecule has 0 bridgehead atoms. The van der Waals surface area contributed by atoms with E-state index in [0.29, 0.717) is 11.4 Å². The molecular formula is C11H8INO2. The van der Waals surface area contributed by atoms with Gasteiger partial charge >= 0.3 is 0 Å². The van der Waals surface area contributed by atoms with Gasteiger partial charge in [-0.25, -0.2) is 0 Å². The van der Waals surface area contributed by atoms with Gasteiger partial charge in [-0.15, -0.1) is 0 Å². The molecule has 0 spiro atoms. The van der Waals surface area contributed by atoms with Crippen molar-refractivity contribution in [3.63, 3.8) is 0 Å². The third kappa shape index (κ3) is 2.38. The van der Waals surface area contributed by atoms with Gasteiger partial charge in [-0.1, -0.05) is 12.1 Å². The molecule has 1 N–H and O–H groups in total. The SMILES string of the molecule is O=C(Nc1ccco1)c1ccccc1I. The molecule has 3 nitrogen and oxygen atoms in total. The van der Waals surface area contributed by atoms with Gasteiger partial charge in [0.2, 0.25) is 0 Å². The van der Waals surface area contributed by atoms with Crippen molar-refractivity contribution >= 4 is 34.4 Å². The summed E-state index contributed by atoms with van der Waals surface area (Å²) < 4.78 is 5.95. The van der Waals surface area contributed by atoms with Crippen molar-refractivity contribution in [2.24, 2.45) is 0 Å². The fourth-order valence-corrected chi connectivity index (χ4v) is 1.81. The standard InChI is InChI=1S/C11H8INO2/c12-9-5-2-1-4-8(9)11(14)13-10-6-3-7-15-10/h1-7H,(H,13,14). The summed E-state index contributed by atoms with van der Waals surface area (Å²) in [4.78, 5) is 11.8. The Morgan fingerprint density at radius 3 is 2.67 bits per heavy atom. The topological polar surface area (TPSA) is 42.2 Å². The zero-order chi connectivity index (χ0) is 10.7. The fourth-order valence-electron chi connectivity index (χ4n) is 1.17. The lowest BCUT2D eigenvalue weighted by Gasteiger charge is -2.03. The van der Waals surface area contributed by atoms with Crippen molar-refractivity contribution in [3.05, 3.63) is 51.8 Å². The van der Waals surface area contributed by atoms with E-state index in [1.807, 2.05) is 18.2 Å². The molecule has 0 saturated carbocycles. The number of carbonyl (C=O) groups excluding carboxylic acids is 1. The van der Waals surface area contributed by atoms with Crippen molar-refractivity contribution in [1.82, 2.24) is 0 Å². The van der Waals surface area contributed by atoms with Gasteiger partial charge in [-0.2, -0.15) is 0 Å². The summed E-state index contributed by atoms with van der Waals surface area (Å²) in [6.07, 6.45) is 1.52. The molecule has 4 heteroatoms. The van der Waals surface area contributed by atoms with E-state index in [4.69, 9.17) is 4.42 Å². The number of halogens is 1. The van der Waals surface area contributed by atoms with Crippen LogP contribution in [0, 0.1) is 3.57 Å². The molecule has 1 amide bonds. The van der Waals surface area contributed by atoms with Crippen molar-refractivity contribution < 1.29 is 9.21 Å². The van der Waals surface area contributed by atoms with Crippen LogP contribution in [0.4, 0.5) is 5.88 Å². The Morgan fingerprint density at radius 2 is 2.00 bits per heavy atom. The maximum Gasteiger partial charge on any atom is 0.259 e. The molecular weight excluding hydrogens is 305 g/mol. The molecule has 0 aliphatic rings. The summed E-state index contributed by atoms with van der Waals surface area (Å²) in [5.74, 6) is 0.301. The van der Waals surface area contributed by atoms with Crippen molar-refractivity contribution in [3.8, 4) is 0 Å². The second-order valence-corrected chi connectivity index (χ2v) is 4.07. The van der Waals surface area contributed by atoms with Crippen LogP contribution in [0.15, 0.2) is 47.1 Å². The van der Waals surface area contributed by atoms with E-state index in [2.05, 4.69) is 27.9 Å². The highest BCUT2D eigenvalue weighted by molar-refractivity contribution is 14.1. The van der Waals surface area contributed by atoms with Crippen molar-refractivity contribution in [2.45, 2.75) is 0 Å². The lowest BCUT2D eigenvalue weighted by molar-refractivity contribution is 0.102. The number of amides is 1. The van der Waals surface area contributed by atoms with Gasteiger partial charge in [-0.05, 0) is 40.8 Å². The van der Waals surface area contributed by atoms with Crippen LogP contribution >= 0.6 is 22.6 Å². The molecule has 0 radical (unpaired) electrons. The van der Waals surface area contributed by atoms with Gasteiger partial charge < -0.3 is 4.42 Å². The molecule has 0 atom stereocenters. The summed E-state index contributed by atoms with van der Waals surface area (Å²) in [7, 11) is 0. The summed E-state index contributed by atoms with van der Waals surface area (Å²) >= 11 is 2.13. The number of anilines is 1. The van der Waals surface area contributed by atoms with Crippen LogP contribution in [0.2, 0.25) is 0 Å². The largest absolute Gasteiger partial charge is 0.449 e. The molecule has 0 saturated heterocycles. The van der Waals surface area contributed by atoms with E-state index in [1.54, 1.807) is 18.2 Å². The zero-order valence-corrected chi connectivity index (χ0v) is 9.89. The van der Waals surface area contributed by atoms with Gasteiger partial charge in [0, 0.05) is 9.64 Å². The summed E-state index contributed by atoms with van der Waals surface area (Å²) in [6.45, 7) is 0. The van der Waals surface area contributed by atoms with Crippen LogP contribution in [-0.2, 0) is 0 Å². The highest BCUT2D eigenvalue weighted by Crippen LogP contribution is 2.14. The molecule has 1 aromatic carbocycles. The lowest BCUT2D eigenvalue weighted by atomic mass is 10.2. The Labute approximate surface area is 101 Å². The van der Waals surface area contributed by atoms with E-state index in [0.717, 1.165) is 3.57 Å². The molecule has 0 unspecified atom stereocenters. The Kier molecular flexibility index (Phi) is 3.05. The van der Waals surface area contributed by atoms with Gasteiger partial charge in [0.25, 0.3) is 5.91 Å². The normalized spacial score (nSPS) is 9.93. The average molecular weight is 313 g/mol. The van der Waals surface area contributed by atoms with Gasteiger partial charge in [0.05, 0.1) is 11.8 Å². The third-order valence-corrected chi connectivity index (χ3v) is 2.82. The highest BCUT2D eigenvalue weighted by atomic mass is 127. The van der Waals surface area contributed by atoms with Crippen LogP contribution in [0.3, 0.4) is 0 Å². The van der Waals surface area contributed by atoms with Crippen molar-refractivity contribution in [2.75, 3.05) is 5.32 Å². The average Bonchev–Trinajstić information content (AvgIpc) is 2.71. The Hall–Kier alpha value is -1.30. The Balaban J connectivity index is 2.19. The predicted octanol–water partition coefficient (Wildman–Crippen LogP) is 3.14. The molecule has 0 fully saturated rings. The minimum atomic E-state index is -0.157. The summed E-state index contributed by atoms with van der Waals surface area (Å²) in [5.41, 5.74) is 0.648.